The number of nitrogens with two attached hydrogens (primary N) is 1. The second kappa shape index (κ2) is 6.72. The molecule has 0 bridgehead atoms. The van der Waals surface area contributed by atoms with Gasteiger partial charge in [-0.05, 0) is 41.7 Å². The van der Waals surface area contributed by atoms with Crippen LogP contribution in [0.4, 0.5) is 0 Å². The van der Waals surface area contributed by atoms with Crippen LogP contribution < -0.4 is 10.5 Å². The normalized spacial score (nSPS) is 10.7. The van der Waals surface area contributed by atoms with Gasteiger partial charge in [0.2, 0.25) is 0 Å². The Morgan fingerprint density at radius 1 is 1.14 bits per heavy atom. The number of rotatable bonds is 5. The summed E-state index contributed by atoms with van der Waals surface area (Å²) in [4.78, 5) is 0.419. The third-order valence-electron chi connectivity index (χ3n) is 3.51. The van der Waals surface area contributed by atoms with Crippen molar-refractivity contribution in [1.29, 1.82) is 0 Å². The first-order valence-electron chi connectivity index (χ1n) is 7.09. The predicted molar refractivity (Wildman–Crippen MR) is 91.9 cm³/mol. The molecule has 0 saturated heterocycles. The summed E-state index contributed by atoms with van der Waals surface area (Å²) >= 11 is 4.94. The van der Waals surface area contributed by atoms with Crippen LogP contribution in [0.3, 0.4) is 0 Å². The minimum atomic E-state index is 0.419. The molecule has 21 heavy (non-hydrogen) atoms. The molecule has 2 nitrogen and oxygen atoms in total. The van der Waals surface area contributed by atoms with E-state index in [9.17, 15) is 0 Å². The monoisotopic (exact) mass is 299 g/mol. The molecule has 0 unspecified atom stereocenters. The average Bonchev–Trinajstić information content (AvgIpc) is 2.45. The van der Waals surface area contributed by atoms with E-state index in [0.29, 0.717) is 17.5 Å². The molecule has 0 fully saturated rings. The maximum Gasteiger partial charge on any atom is 0.120 e. The molecule has 0 aliphatic rings. The van der Waals surface area contributed by atoms with Gasteiger partial charge in [0.25, 0.3) is 0 Å². The van der Waals surface area contributed by atoms with E-state index in [1.807, 2.05) is 30.3 Å². The molecule has 0 aliphatic carbocycles. The number of ether oxygens (including phenoxy) is 1. The van der Waals surface area contributed by atoms with Crippen LogP contribution in [0.5, 0.6) is 5.75 Å². The fraction of sp³-hybridized carbons (Fsp3) is 0.278. The van der Waals surface area contributed by atoms with Gasteiger partial charge in [0.15, 0.2) is 0 Å². The standard InChI is InChI=1S/C18H21NOS/c1-12(2)17-9-8-16(10-13(17)3)20-11-14-4-6-15(7-5-14)18(19)21/h4-10,12H,11H2,1-3H3,(H2,19,21). The molecule has 0 heterocycles. The van der Waals surface area contributed by atoms with Gasteiger partial charge in [-0.3, -0.25) is 0 Å². The van der Waals surface area contributed by atoms with Crippen molar-refractivity contribution in [3.63, 3.8) is 0 Å². The Balaban J connectivity index is 2.02. The molecule has 0 amide bonds. The van der Waals surface area contributed by atoms with Crippen molar-refractivity contribution in [3.8, 4) is 5.75 Å². The molecule has 2 rings (SSSR count). The Morgan fingerprint density at radius 2 is 1.81 bits per heavy atom. The Morgan fingerprint density at radius 3 is 2.33 bits per heavy atom. The summed E-state index contributed by atoms with van der Waals surface area (Å²) in [6, 6.07) is 14.1. The van der Waals surface area contributed by atoms with E-state index in [0.717, 1.165) is 16.9 Å². The van der Waals surface area contributed by atoms with E-state index >= 15 is 0 Å². The van der Waals surface area contributed by atoms with Gasteiger partial charge in [-0.15, -0.1) is 0 Å². The first-order valence-corrected chi connectivity index (χ1v) is 7.50. The molecular formula is C18H21NOS. The summed E-state index contributed by atoms with van der Waals surface area (Å²) in [5.41, 5.74) is 10.2. The molecule has 2 aromatic rings. The molecule has 0 saturated carbocycles. The highest BCUT2D eigenvalue weighted by Crippen LogP contribution is 2.24. The largest absolute Gasteiger partial charge is 0.489 e. The molecule has 2 aromatic carbocycles. The van der Waals surface area contributed by atoms with E-state index < -0.39 is 0 Å². The van der Waals surface area contributed by atoms with Crippen molar-refractivity contribution >= 4 is 17.2 Å². The lowest BCUT2D eigenvalue weighted by molar-refractivity contribution is 0.306. The van der Waals surface area contributed by atoms with Gasteiger partial charge >= 0.3 is 0 Å². The summed E-state index contributed by atoms with van der Waals surface area (Å²) < 4.78 is 5.84. The van der Waals surface area contributed by atoms with Crippen molar-refractivity contribution in [1.82, 2.24) is 0 Å². The minimum absolute atomic E-state index is 0.419. The van der Waals surface area contributed by atoms with Gasteiger partial charge < -0.3 is 10.5 Å². The predicted octanol–water partition coefficient (Wildman–Crippen LogP) is 4.33. The number of hydrogen-bond donors (Lipinski definition) is 1. The van der Waals surface area contributed by atoms with Crippen LogP contribution in [0.1, 0.15) is 42.0 Å². The second-order valence-corrected chi connectivity index (χ2v) is 5.96. The summed E-state index contributed by atoms with van der Waals surface area (Å²) in [6.45, 7) is 7.07. The van der Waals surface area contributed by atoms with Crippen LogP contribution in [0, 0.1) is 6.92 Å². The zero-order valence-electron chi connectivity index (χ0n) is 12.7. The molecule has 0 spiro atoms. The van der Waals surface area contributed by atoms with Crippen molar-refractivity contribution in [2.24, 2.45) is 5.73 Å². The van der Waals surface area contributed by atoms with Gasteiger partial charge in [-0.25, -0.2) is 0 Å². The summed E-state index contributed by atoms with van der Waals surface area (Å²) in [5.74, 6) is 1.43. The lowest BCUT2D eigenvalue weighted by Gasteiger charge is -2.12. The Hall–Kier alpha value is -1.87. The first kappa shape index (κ1) is 15.5. The third-order valence-corrected chi connectivity index (χ3v) is 3.74. The summed E-state index contributed by atoms with van der Waals surface area (Å²) in [5, 5.41) is 0. The van der Waals surface area contributed by atoms with Crippen LogP contribution in [-0.4, -0.2) is 4.99 Å². The molecular weight excluding hydrogens is 278 g/mol. The molecule has 3 heteroatoms. The SMILES string of the molecule is Cc1cc(OCc2ccc(C(N)=S)cc2)ccc1C(C)C. The minimum Gasteiger partial charge on any atom is -0.489 e. The number of benzene rings is 2. The van der Waals surface area contributed by atoms with E-state index in [1.54, 1.807) is 0 Å². The van der Waals surface area contributed by atoms with Gasteiger partial charge in [0, 0.05) is 5.56 Å². The second-order valence-electron chi connectivity index (χ2n) is 5.52. The quantitative estimate of drug-likeness (QED) is 0.835. The van der Waals surface area contributed by atoms with Gasteiger partial charge in [-0.1, -0.05) is 56.4 Å². The van der Waals surface area contributed by atoms with Crippen molar-refractivity contribution in [2.75, 3.05) is 0 Å². The molecule has 0 aromatic heterocycles. The molecule has 110 valence electrons. The summed E-state index contributed by atoms with van der Waals surface area (Å²) in [7, 11) is 0. The lowest BCUT2D eigenvalue weighted by Crippen LogP contribution is -2.09. The average molecular weight is 299 g/mol. The third kappa shape index (κ3) is 4.05. The van der Waals surface area contributed by atoms with E-state index in [-0.39, 0.29) is 0 Å². The van der Waals surface area contributed by atoms with Crippen LogP contribution in [0.25, 0.3) is 0 Å². The molecule has 0 radical (unpaired) electrons. The Labute approximate surface area is 131 Å². The zero-order chi connectivity index (χ0) is 15.4. The topological polar surface area (TPSA) is 35.2 Å². The van der Waals surface area contributed by atoms with Crippen LogP contribution in [0.15, 0.2) is 42.5 Å². The molecule has 0 aliphatic heterocycles. The lowest BCUT2D eigenvalue weighted by atomic mass is 9.98. The number of hydrogen-bond acceptors (Lipinski definition) is 2. The summed E-state index contributed by atoms with van der Waals surface area (Å²) in [6.07, 6.45) is 0. The van der Waals surface area contributed by atoms with Crippen LogP contribution >= 0.6 is 12.2 Å². The van der Waals surface area contributed by atoms with Gasteiger partial charge in [0.1, 0.15) is 17.3 Å². The van der Waals surface area contributed by atoms with E-state index in [1.165, 1.54) is 11.1 Å². The Kier molecular flexibility index (Phi) is 4.97. The Bertz CT molecular complexity index is 632. The molecule has 2 N–H and O–H groups in total. The van der Waals surface area contributed by atoms with Crippen molar-refractivity contribution in [3.05, 3.63) is 64.7 Å². The van der Waals surface area contributed by atoms with E-state index in [4.69, 9.17) is 22.7 Å². The maximum absolute atomic E-state index is 5.84. The zero-order valence-corrected chi connectivity index (χ0v) is 13.5. The highest BCUT2D eigenvalue weighted by Gasteiger charge is 2.05. The fourth-order valence-electron chi connectivity index (χ4n) is 2.32. The van der Waals surface area contributed by atoms with E-state index in [2.05, 4.69) is 32.9 Å². The van der Waals surface area contributed by atoms with Crippen molar-refractivity contribution < 1.29 is 4.74 Å². The van der Waals surface area contributed by atoms with Gasteiger partial charge in [0.05, 0.1) is 0 Å². The van der Waals surface area contributed by atoms with Crippen molar-refractivity contribution in [2.45, 2.75) is 33.3 Å². The fourth-order valence-corrected chi connectivity index (χ4v) is 2.45. The first-order chi connectivity index (χ1) is 9.97. The number of thiocarbonyl (C=S) groups is 1. The van der Waals surface area contributed by atoms with Crippen LogP contribution in [-0.2, 0) is 6.61 Å². The smallest absolute Gasteiger partial charge is 0.120 e. The van der Waals surface area contributed by atoms with Crippen LogP contribution in [0.2, 0.25) is 0 Å². The highest BCUT2D eigenvalue weighted by molar-refractivity contribution is 7.80. The number of aryl methyl sites for hydroxylation is 1. The maximum atomic E-state index is 5.84. The highest BCUT2D eigenvalue weighted by atomic mass is 32.1. The van der Waals surface area contributed by atoms with Gasteiger partial charge in [-0.2, -0.15) is 0 Å². The molecule has 0 atom stereocenters.